The van der Waals surface area contributed by atoms with Crippen LogP contribution in [0.15, 0.2) is 71.8 Å². The summed E-state index contributed by atoms with van der Waals surface area (Å²) in [6, 6.07) is 18.6. The molecule has 0 saturated heterocycles. The number of benzene rings is 2. The zero-order valence-corrected chi connectivity index (χ0v) is 15.2. The summed E-state index contributed by atoms with van der Waals surface area (Å²) in [5.74, 6) is 0.307. The van der Waals surface area contributed by atoms with Crippen LogP contribution >= 0.6 is 0 Å². The Morgan fingerprint density at radius 1 is 1.00 bits per heavy atom. The number of para-hydroxylation sites is 1. The van der Waals surface area contributed by atoms with E-state index in [0.717, 1.165) is 24.2 Å². The van der Waals surface area contributed by atoms with Crippen molar-refractivity contribution >= 4 is 27.2 Å². The highest BCUT2D eigenvalue weighted by molar-refractivity contribution is 7.92. The van der Waals surface area contributed by atoms with Crippen LogP contribution in [-0.4, -0.2) is 19.9 Å². The van der Waals surface area contributed by atoms with Gasteiger partial charge in [-0.2, -0.15) is 0 Å². The predicted octanol–water partition coefficient (Wildman–Crippen LogP) is 3.89. The summed E-state index contributed by atoms with van der Waals surface area (Å²) >= 11 is 0. The van der Waals surface area contributed by atoms with Gasteiger partial charge in [-0.15, -0.1) is 0 Å². The molecule has 1 aliphatic rings. The standard InChI is InChI=1S/C20H19N3O2S/c1-15-6-9-18(10-7-15)26(24,25)22-20-11-8-17(14-21-20)23-13-12-16-4-2-3-5-19(16)23/h2-11,14H,12-13H2,1H3,(H,21,22). The SMILES string of the molecule is Cc1ccc(S(=O)(=O)Nc2ccc(N3CCc4ccccc43)cn2)cc1. The smallest absolute Gasteiger partial charge is 0.263 e. The molecule has 0 fully saturated rings. The number of hydrogen-bond donors (Lipinski definition) is 1. The summed E-state index contributed by atoms with van der Waals surface area (Å²) in [4.78, 5) is 6.71. The lowest BCUT2D eigenvalue weighted by atomic mass is 10.2. The Kier molecular flexibility index (Phi) is 4.12. The lowest BCUT2D eigenvalue weighted by molar-refractivity contribution is 0.601. The van der Waals surface area contributed by atoms with Gasteiger partial charge >= 0.3 is 0 Å². The molecule has 0 aliphatic carbocycles. The topological polar surface area (TPSA) is 62.3 Å². The molecule has 0 spiro atoms. The monoisotopic (exact) mass is 365 g/mol. The van der Waals surface area contributed by atoms with E-state index in [2.05, 4.69) is 26.7 Å². The highest BCUT2D eigenvalue weighted by Crippen LogP contribution is 2.34. The second-order valence-electron chi connectivity index (χ2n) is 6.35. The third-order valence-electron chi connectivity index (χ3n) is 4.52. The van der Waals surface area contributed by atoms with Crippen LogP contribution in [-0.2, 0) is 16.4 Å². The number of anilines is 3. The van der Waals surface area contributed by atoms with Crippen LogP contribution in [0.25, 0.3) is 0 Å². The largest absolute Gasteiger partial charge is 0.340 e. The number of hydrogen-bond acceptors (Lipinski definition) is 4. The van der Waals surface area contributed by atoms with Crippen LogP contribution in [0.4, 0.5) is 17.2 Å². The van der Waals surface area contributed by atoms with Crippen LogP contribution in [0.5, 0.6) is 0 Å². The van der Waals surface area contributed by atoms with E-state index in [9.17, 15) is 8.42 Å². The minimum atomic E-state index is -3.64. The van der Waals surface area contributed by atoms with Crippen LogP contribution in [0.3, 0.4) is 0 Å². The molecule has 3 aromatic rings. The first kappa shape index (κ1) is 16.6. The van der Waals surface area contributed by atoms with Gasteiger partial charge in [-0.05, 0) is 49.2 Å². The zero-order chi connectivity index (χ0) is 18.1. The van der Waals surface area contributed by atoms with Crippen molar-refractivity contribution in [1.29, 1.82) is 0 Å². The number of rotatable bonds is 4. The number of nitrogens with one attached hydrogen (secondary N) is 1. The number of fused-ring (bicyclic) bond motifs is 1. The van der Waals surface area contributed by atoms with Gasteiger partial charge in [0, 0.05) is 12.2 Å². The van der Waals surface area contributed by atoms with Crippen molar-refractivity contribution in [3.05, 3.63) is 78.0 Å². The molecule has 26 heavy (non-hydrogen) atoms. The second-order valence-corrected chi connectivity index (χ2v) is 8.03. The fourth-order valence-electron chi connectivity index (χ4n) is 3.13. The molecule has 0 amide bonds. The Balaban J connectivity index is 1.54. The van der Waals surface area contributed by atoms with Crippen molar-refractivity contribution in [2.45, 2.75) is 18.2 Å². The van der Waals surface area contributed by atoms with Crippen molar-refractivity contribution in [1.82, 2.24) is 4.98 Å². The molecule has 2 aromatic carbocycles. The van der Waals surface area contributed by atoms with E-state index in [1.807, 2.05) is 25.1 Å². The van der Waals surface area contributed by atoms with Gasteiger partial charge in [0.15, 0.2) is 0 Å². The van der Waals surface area contributed by atoms with Gasteiger partial charge in [0.05, 0.1) is 16.8 Å². The van der Waals surface area contributed by atoms with Crippen molar-refractivity contribution in [2.75, 3.05) is 16.2 Å². The third kappa shape index (κ3) is 3.15. The molecular formula is C20H19N3O2S. The average molecular weight is 365 g/mol. The summed E-state index contributed by atoms with van der Waals surface area (Å²) in [6.45, 7) is 2.82. The molecule has 5 nitrogen and oxygen atoms in total. The van der Waals surface area contributed by atoms with Crippen LogP contribution in [0.1, 0.15) is 11.1 Å². The Labute approximate surface area is 153 Å². The molecule has 1 N–H and O–H groups in total. The van der Waals surface area contributed by atoms with E-state index < -0.39 is 10.0 Å². The van der Waals surface area contributed by atoms with E-state index in [1.54, 1.807) is 36.5 Å². The quantitative estimate of drug-likeness (QED) is 0.762. The first-order valence-electron chi connectivity index (χ1n) is 8.44. The number of sulfonamides is 1. The molecule has 2 heterocycles. The highest BCUT2D eigenvalue weighted by atomic mass is 32.2. The number of aromatic nitrogens is 1. The summed E-state index contributed by atoms with van der Waals surface area (Å²) in [5.41, 5.74) is 4.46. The molecule has 1 aliphatic heterocycles. The minimum Gasteiger partial charge on any atom is -0.340 e. The molecule has 1 aromatic heterocycles. The van der Waals surface area contributed by atoms with Crippen molar-refractivity contribution in [3.8, 4) is 0 Å². The number of aryl methyl sites for hydroxylation is 1. The highest BCUT2D eigenvalue weighted by Gasteiger charge is 2.20. The second kappa shape index (κ2) is 6.46. The molecule has 6 heteroatoms. The molecule has 4 rings (SSSR count). The molecule has 0 unspecified atom stereocenters. The molecule has 0 radical (unpaired) electrons. The lowest BCUT2D eigenvalue weighted by Gasteiger charge is -2.19. The Morgan fingerprint density at radius 3 is 2.50 bits per heavy atom. The zero-order valence-electron chi connectivity index (χ0n) is 14.4. The van der Waals surface area contributed by atoms with Crippen molar-refractivity contribution < 1.29 is 8.42 Å². The van der Waals surface area contributed by atoms with Crippen LogP contribution in [0.2, 0.25) is 0 Å². The molecular weight excluding hydrogens is 346 g/mol. The fourth-order valence-corrected chi connectivity index (χ4v) is 4.13. The van der Waals surface area contributed by atoms with Gasteiger partial charge in [-0.1, -0.05) is 35.9 Å². The maximum absolute atomic E-state index is 12.5. The predicted molar refractivity (Wildman–Crippen MR) is 103 cm³/mol. The first-order valence-corrected chi connectivity index (χ1v) is 9.92. The molecule has 0 bridgehead atoms. The fraction of sp³-hybridized carbons (Fsp3) is 0.150. The Bertz CT molecular complexity index is 1030. The van der Waals surface area contributed by atoms with Gasteiger partial charge in [-0.3, -0.25) is 4.72 Å². The average Bonchev–Trinajstić information content (AvgIpc) is 3.07. The van der Waals surface area contributed by atoms with E-state index in [0.29, 0.717) is 5.82 Å². The molecule has 0 saturated carbocycles. The van der Waals surface area contributed by atoms with Gasteiger partial charge < -0.3 is 4.90 Å². The maximum Gasteiger partial charge on any atom is 0.263 e. The van der Waals surface area contributed by atoms with Gasteiger partial charge in [0.1, 0.15) is 5.82 Å². The van der Waals surface area contributed by atoms with Crippen LogP contribution in [0, 0.1) is 6.92 Å². The van der Waals surface area contributed by atoms with E-state index in [1.165, 1.54) is 11.3 Å². The number of pyridine rings is 1. The van der Waals surface area contributed by atoms with Gasteiger partial charge in [-0.25, -0.2) is 13.4 Å². The van der Waals surface area contributed by atoms with Crippen molar-refractivity contribution in [2.24, 2.45) is 0 Å². The van der Waals surface area contributed by atoms with E-state index in [4.69, 9.17) is 0 Å². The summed E-state index contributed by atoms with van der Waals surface area (Å²) < 4.78 is 27.4. The normalized spacial score (nSPS) is 13.5. The molecule has 0 atom stereocenters. The van der Waals surface area contributed by atoms with Gasteiger partial charge in [0.25, 0.3) is 10.0 Å². The van der Waals surface area contributed by atoms with Crippen LogP contribution < -0.4 is 9.62 Å². The summed E-state index contributed by atoms with van der Waals surface area (Å²) in [5, 5.41) is 0. The summed E-state index contributed by atoms with van der Waals surface area (Å²) in [7, 11) is -3.64. The Morgan fingerprint density at radius 2 is 1.77 bits per heavy atom. The van der Waals surface area contributed by atoms with E-state index in [-0.39, 0.29) is 4.90 Å². The number of nitrogens with zero attached hydrogens (tertiary/aromatic N) is 2. The lowest BCUT2D eigenvalue weighted by Crippen LogP contribution is -2.15. The third-order valence-corrected chi connectivity index (χ3v) is 5.89. The van der Waals surface area contributed by atoms with Gasteiger partial charge in [0.2, 0.25) is 0 Å². The Hall–Kier alpha value is -2.86. The van der Waals surface area contributed by atoms with Crippen molar-refractivity contribution in [3.63, 3.8) is 0 Å². The molecule has 132 valence electrons. The summed E-state index contributed by atoms with van der Waals surface area (Å²) in [6.07, 6.45) is 2.70. The van der Waals surface area contributed by atoms with E-state index >= 15 is 0 Å². The minimum absolute atomic E-state index is 0.224. The maximum atomic E-state index is 12.5. The first-order chi connectivity index (χ1) is 12.5.